The maximum absolute atomic E-state index is 13.4. The highest BCUT2D eigenvalue weighted by atomic mass is 16.2. The molecule has 0 unspecified atom stereocenters. The largest absolute Gasteiger partial charge is 0.325 e. The third kappa shape index (κ3) is 2.90. The molecule has 6 heteroatoms. The fraction of sp³-hybridized carbons (Fsp3) is 0.240. The van der Waals surface area contributed by atoms with E-state index in [0.717, 1.165) is 38.9 Å². The van der Waals surface area contributed by atoms with Gasteiger partial charge in [0.25, 0.3) is 5.91 Å². The molecule has 1 aliphatic carbocycles. The first-order chi connectivity index (χ1) is 15.0. The highest BCUT2D eigenvalue weighted by molar-refractivity contribution is 6.12. The Hall–Kier alpha value is -3.67. The SMILES string of the molecule is CCN(C(=O)CN1C(=O)N[C@]2(CCc3ccccc32)C1=O)c1cccc2ccccc12. The first kappa shape index (κ1) is 19.3. The monoisotopic (exact) mass is 413 g/mol. The molecule has 1 N–H and O–H groups in total. The van der Waals surface area contributed by atoms with Gasteiger partial charge in [0, 0.05) is 11.9 Å². The van der Waals surface area contributed by atoms with Crippen molar-refractivity contribution >= 4 is 34.3 Å². The number of urea groups is 1. The van der Waals surface area contributed by atoms with E-state index in [-0.39, 0.29) is 18.4 Å². The van der Waals surface area contributed by atoms with Crippen molar-refractivity contribution in [2.45, 2.75) is 25.3 Å². The summed E-state index contributed by atoms with van der Waals surface area (Å²) < 4.78 is 0. The summed E-state index contributed by atoms with van der Waals surface area (Å²) in [5.74, 6) is -0.629. The van der Waals surface area contributed by atoms with Gasteiger partial charge in [0.1, 0.15) is 12.1 Å². The van der Waals surface area contributed by atoms with E-state index in [4.69, 9.17) is 0 Å². The fourth-order valence-corrected chi connectivity index (χ4v) is 4.88. The number of likely N-dealkylation sites (N-methyl/N-ethyl adjacent to an activating group) is 1. The molecular weight excluding hydrogens is 390 g/mol. The van der Waals surface area contributed by atoms with Crippen molar-refractivity contribution in [1.82, 2.24) is 10.2 Å². The van der Waals surface area contributed by atoms with Gasteiger partial charge in [0.15, 0.2) is 0 Å². The highest BCUT2D eigenvalue weighted by Crippen LogP contribution is 2.41. The van der Waals surface area contributed by atoms with E-state index >= 15 is 0 Å². The lowest BCUT2D eigenvalue weighted by Crippen LogP contribution is -2.45. The van der Waals surface area contributed by atoms with Crippen molar-refractivity contribution in [1.29, 1.82) is 0 Å². The first-order valence-electron chi connectivity index (χ1n) is 10.6. The Labute approximate surface area is 180 Å². The number of benzene rings is 3. The molecule has 5 rings (SSSR count). The summed E-state index contributed by atoms with van der Waals surface area (Å²) in [4.78, 5) is 42.1. The quantitative estimate of drug-likeness (QED) is 0.665. The van der Waals surface area contributed by atoms with Gasteiger partial charge in [0.05, 0.1) is 5.69 Å². The van der Waals surface area contributed by atoms with Crippen LogP contribution < -0.4 is 10.2 Å². The van der Waals surface area contributed by atoms with E-state index < -0.39 is 11.6 Å². The number of amides is 4. The molecule has 1 spiro atoms. The van der Waals surface area contributed by atoms with E-state index in [1.54, 1.807) is 4.90 Å². The van der Waals surface area contributed by atoms with E-state index in [1.165, 1.54) is 0 Å². The molecule has 0 saturated carbocycles. The number of nitrogens with zero attached hydrogens (tertiary/aromatic N) is 2. The second kappa shape index (κ2) is 7.23. The number of hydrogen-bond acceptors (Lipinski definition) is 3. The van der Waals surface area contributed by atoms with Crippen LogP contribution in [0.5, 0.6) is 0 Å². The van der Waals surface area contributed by atoms with Crippen LogP contribution >= 0.6 is 0 Å². The third-order valence-electron chi connectivity index (χ3n) is 6.39. The Kier molecular flexibility index (Phi) is 4.50. The third-order valence-corrected chi connectivity index (χ3v) is 6.39. The van der Waals surface area contributed by atoms with Crippen molar-refractivity contribution in [2.24, 2.45) is 0 Å². The van der Waals surface area contributed by atoms with Gasteiger partial charge >= 0.3 is 6.03 Å². The first-order valence-corrected chi connectivity index (χ1v) is 10.6. The molecule has 3 aromatic rings. The predicted octanol–water partition coefficient (Wildman–Crippen LogP) is 3.59. The van der Waals surface area contributed by atoms with Crippen molar-refractivity contribution < 1.29 is 14.4 Å². The van der Waals surface area contributed by atoms with Gasteiger partial charge in [0.2, 0.25) is 5.91 Å². The Morgan fingerprint density at radius 1 is 1.03 bits per heavy atom. The molecule has 6 nitrogen and oxygen atoms in total. The molecule has 1 atom stereocenters. The second-order valence-electron chi connectivity index (χ2n) is 8.02. The van der Waals surface area contributed by atoms with Crippen molar-refractivity contribution in [2.75, 3.05) is 18.0 Å². The summed E-state index contributed by atoms with van der Waals surface area (Å²) in [5.41, 5.74) is 1.63. The zero-order valence-electron chi connectivity index (χ0n) is 17.3. The number of hydrogen-bond donors (Lipinski definition) is 1. The summed E-state index contributed by atoms with van der Waals surface area (Å²) in [6, 6.07) is 20.8. The van der Waals surface area contributed by atoms with Crippen molar-refractivity contribution in [3.05, 3.63) is 77.9 Å². The molecule has 2 aliphatic rings. The van der Waals surface area contributed by atoms with Crippen LogP contribution in [0.1, 0.15) is 24.5 Å². The van der Waals surface area contributed by atoms with Gasteiger partial charge in [-0.25, -0.2) is 4.79 Å². The van der Waals surface area contributed by atoms with Gasteiger partial charge in [-0.2, -0.15) is 0 Å². The normalized spacial score (nSPS) is 19.7. The van der Waals surface area contributed by atoms with Gasteiger partial charge < -0.3 is 10.2 Å². The zero-order chi connectivity index (χ0) is 21.6. The summed E-state index contributed by atoms with van der Waals surface area (Å²) in [6.45, 7) is 2.04. The van der Waals surface area contributed by atoms with Crippen LogP contribution in [-0.2, 0) is 21.5 Å². The zero-order valence-corrected chi connectivity index (χ0v) is 17.3. The molecule has 1 aliphatic heterocycles. The molecule has 4 amide bonds. The molecule has 31 heavy (non-hydrogen) atoms. The van der Waals surface area contributed by atoms with Crippen LogP contribution in [0.25, 0.3) is 10.8 Å². The molecule has 156 valence electrons. The lowest BCUT2D eigenvalue weighted by atomic mass is 9.92. The number of nitrogens with one attached hydrogen (secondary N) is 1. The minimum atomic E-state index is -1.05. The minimum Gasteiger partial charge on any atom is -0.319 e. The van der Waals surface area contributed by atoms with Crippen LogP contribution in [-0.4, -0.2) is 35.8 Å². The van der Waals surface area contributed by atoms with Gasteiger partial charge in [-0.05, 0) is 42.3 Å². The standard InChI is InChI=1S/C25H23N3O3/c1-2-27(21-13-7-10-17-8-3-5-11-19(17)21)22(29)16-28-23(30)25(26-24(28)31)15-14-18-9-4-6-12-20(18)25/h3-13H,2,14-16H2,1H3,(H,26,31)/t25-/m0/s1. The summed E-state index contributed by atoms with van der Waals surface area (Å²) in [7, 11) is 0. The van der Waals surface area contributed by atoms with E-state index in [2.05, 4.69) is 5.32 Å². The van der Waals surface area contributed by atoms with Crippen LogP contribution in [0.2, 0.25) is 0 Å². The Morgan fingerprint density at radius 2 is 1.77 bits per heavy atom. The Bertz CT molecular complexity index is 1220. The number of anilines is 1. The number of carbonyl (C=O) groups is 3. The van der Waals surface area contributed by atoms with Crippen molar-refractivity contribution in [3.8, 4) is 0 Å². The number of rotatable bonds is 4. The molecule has 3 aromatic carbocycles. The van der Waals surface area contributed by atoms with Gasteiger partial charge in [-0.3, -0.25) is 14.5 Å². The molecule has 1 fully saturated rings. The molecule has 0 bridgehead atoms. The smallest absolute Gasteiger partial charge is 0.319 e. The van der Waals surface area contributed by atoms with Crippen LogP contribution in [0.15, 0.2) is 66.7 Å². The lowest BCUT2D eigenvalue weighted by Gasteiger charge is -2.25. The topological polar surface area (TPSA) is 69.7 Å². The number of aryl methyl sites for hydroxylation is 1. The Balaban J connectivity index is 1.44. The summed E-state index contributed by atoms with van der Waals surface area (Å²) >= 11 is 0. The molecule has 0 aromatic heterocycles. The van der Waals surface area contributed by atoms with Gasteiger partial charge in [-0.1, -0.05) is 60.7 Å². The maximum Gasteiger partial charge on any atom is 0.325 e. The molecule has 1 heterocycles. The lowest BCUT2D eigenvalue weighted by molar-refractivity contribution is -0.134. The number of carbonyl (C=O) groups excluding carboxylic acids is 3. The number of imide groups is 1. The molecule has 1 saturated heterocycles. The van der Waals surface area contributed by atoms with Crippen LogP contribution in [0, 0.1) is 0 Å². The molecule has 0 radical (unpaired) electrons. The number of fused-ring (bicyclic) bond motifs is 3. The highest BCUT2D eigenvalue weighted by Gasteiger charge is 2.55. The van der Waals surface area contributed by atoms with Crippen LogP contribution in [0.4, 0.5) is 10.5 Å². The average Bonchev–Trinajstić information content (AvgIpc) is 3.27. The maximum atomic E-state index is 13.4. The van der Waals surface area contributed by atoms with E-state index in [1.807, 2.05) is 73.7 Å². The molecular formula is C25H23N3O3. The predicted molar refractivity (Wildman–Crippen MR) is 119 cm³/mol. The van der Waals surface area contributed by atoms with Crippen molar-refractivity contribution in [3.63, 3.8) is 0 Å². The summed E-state index contributed by atoms with van der Waals surface area (Å²) in [6.07, 6.45) is 1.24. The fourth-order valence-electron chi connectivity index (χ4n) is 4.88. The minimum absolute atomic E-state index is 0.286. The summed E-state index contributed by atoms with van der Waals surface area (Å²) in [5, 5.41) is 4.87. The average molecular weight is 413 g/mol. The second-order valence-corrected chi connectivity index (χ2v) is 8.02. The van der Waals surface area contributed by atoms with E-state index in [9.17, 15) is 14.4 Å². The van der Waals surface area contributed by atoms with Gasteiger partial charge in [-0.15, -0.1) is 0 Å². The van der Waals surface area contributed by atoms with E-state index in [0.29, 0.717) is 13.0 Å². The van der Waals surface area contributed by atoms with Crippen LogP contribution in [0.3, 0.4) is 0 Å². The Morgan fingerprint density at radius 3 is 2.61 bits per heavy atom.